The highest BCUT2D eigenvalue weighted by molar-refractivity contribution is 7.13. The lowest BCUT2D eigenvalue weighted by Gasteiger charge is -2.35. The van der Waals surface area contributed by atoms with E-state index in [0.29, 0.717) is 12.1 Å². The molecule has 0 radical (unpaired) electrons. The van der Waals surface area contributed by atoms with Gasteiger partial charge in [0.1, 0.15) is 23.3 Å². The van der Waals surface area contributed by atoms with Crippen molar-refractivity contribution in [1.82, 2.24) is 25.6 Å². The standard InChI is InChI=1S/C22H25FN8OS/c1-3-19(32-22(2)4-5-22)16(23)10-15-11-18(28-27-15)17-12-20(25-13-24-17)30-6-8-31(9-7-30)21-29-26-14-33-21/h3,10,12-14,27H,1,4-9,11H2,2H3/b15-10+,19-16-. The number of piperazine rings is 1. The SMILES string of the molecule is C=C/C(OC1(C)CC1)=C(F)\C=C1/CC(c2cc(N3CCN(c4nncs4)CC3)ncn2)=NN1. The lowest BCUT2D eigenvalue weighted by molar-refractivity contribution is 0.114. The Morgan fingerprint density at radius 2 is 2.03 bits per heavy atom. The molecule has 1 N–H and O–H groups in total. The zero-order valence-electron chi connectivity index (χ0n) is 18.4. The van der Waals surface area contributed by atoms with Gasteiger partial charge in [0.25, 0.3) is 0 Å². The fourth-order valence-corrected chi connectivity index (χ4v) is 4.31. The van der Waals surface area contributed by atoms with Crippen molar-refractivity contribution in [1.29, 1.82) is 0 Å². The maximum atomic E-state index is 14.7. The van der Waals surface area contributed by atoms with Crippen LogP contribution < -0.4 is 15.2 Å². The van der Waals surface area contributed by atoms with Crippen molar-refractivity contribution in [3.8, 4) is 0 Å². The number of hydrazone groups is 1. The van der Waals surface area contributed by atoms with Gasteiger partial charge in [-0.2, -0.15) is 5.10 Å². The average Bonchev–Trinajstić information content (AvgIpc) is 3.24. The summed E-state index contributed by atoms with van der Waals surface area (Å²) in [5.41, 5.74) is 6.47. The number of ether oxygens (including phenoxy) is 1. The van der Waals surface area contributed by atoms with Gasteiger partial charge in [-0.05, 0) is 31.9 Å². The Morgan fingerprint density at radius 3 is 2.73 bits per heavy atom. The minimum atomic E-state index is -0.464. The van der Waals surface area contributed by atoms with Gasteiger partial charge in [-0.3, -0.25) is 5.43 Å². The van der Waals surface area contributed by atoms with Crippen molar-refractivity contribution in [2.45, 2.75) is 31.8 Å². The highest BCUT2D eigenvalue weighted by Gasteiger charge is 2.40. The molecule has 3 aliphatic rings. The monoisotopic (exact) mass is 468 g/mol. The van der Waals surface area contributed by atoms with Crippen LogP contribution in [0.4, 0.5) is 15.3 Å². The van der Waals surface area contributed by atoms with E-state index in [2.05, 4.69) is 47.1 Å². The number of nitrogens with one attached hydrogen (secondary N) is 1. The molecule has 1 saturated heterocycles. The molecule has 0 unspecified atom stereocenters. The van der Waals surface area contributed by atoms with Gasteiger partial charge >= 0.3 is 0 Å². The molecule has 0 spiro atoms. The molecule has 0 atom stereocenters. The molecule has 9 nitrogen and oxygen atoms in total. The van der Waals surface area contributed by atoms with Crippen molar-refractivity contribution in [3.05, 3.63) is 59.6 Å². The third kappa shape index (κ3) is 4.87. The third-order valence-corrected chi connectivity index (χ3v) is 6.65. The topological polar surface area (TPSA) is 91.7 Å². The molecular weight excluding hydrogens is 443 g/mol. The van der Waals surface area contributed by atoms with Crippen molar-refractivity contribution < 1.29 is 9.13 Å². The van der Waals surface area contributed by atoms with Crippen molar-refractivity contribution >= 4 is 28.0 Å². The summed E-state index contributed by atoms with van der Waals surface area (Å²) in [6.07, 6.45) is 6.66. The first-order valence-electron chi connectivity index (χ1n) is 10.9. The predicted molar refractivity (Wildman–Crippen MR) is 126 cm³/mol. The molecular formula is C22H25FN8OS. The second-order valence-electron chi connectivity index (χ2n) is 8.44. The van der Waals surface area contributed by atoms with E-state index in [1.54, 1.807) is 23.2 Å². The van der Waals surface area contributed by atoms with Crippen LogP contribution in [0.3, 0.4) is 0 Å². The lowest BCUT2D eigenvalue weighted by Crippen LogP contribution is -2.46. The molecule has 33 heavy (non-hydrogen) atoms. The van der Waals surface area contributed by atoms with E-state index in [0.717, 1.165) is 61.4 Å². The quantitative estimate of drug-likeness (QED) is 0.489. The van der Waals surface area contributed by atoms with Gasteiger partial charge in [0.05, 0.1) is 11.4 Å². The van der Waals surface area contributed by atoms with Gasteiger partial charge in [-0.25, -0.2) is 14.4 Å². The summed E-state index contributed by atoms with van der Waals surface area (Å²) >= 11 is 1.55. The molecule has 1 saturated carbocycles. The molecule has 0 amide bonds. The van der Waals surface area contributed by atoms with Gasteiger partial charge in [-0.15, -0.1) is 10.2 Å². The number of halogens is 1. The van der Waals surface area contributed by atoms with Crippen LogP contribution in [-0.2, 0) is 4.74 Å². The van der Waals surface area contributed by atoms with E-state index in [-0.39, 0.29) is 11.4 Å². The Balaban J connectivity index is 1.23. The summed E-state index contributed by atoms with van der Waals surface area (Å²) in [7, 11) is 0. The number of nitrogens with zero attached hydrogens (tertiary/aromatic N) is 7. The van der Waals surface area contributed by atoms with Crippen LogP contribution in [0.5, 0.6) is 0 Å². The second-order valence-corrected chi connectivity index (χ2v) is 9.25. The highest BCUT2D eigenvalue weighted by atomic mass is 32.1. The van der Waals surface area contributed by atoms with Crippen LogP contribution in [0.15, 0.2) is 59.0 Å². The van der Waals surface area contributed by atoms with Gasteiger partial charge in [0.2, 0.25) is 5.13 Å². The molecule has 2 aliphatic heterocycles. The molecule has 11 heteroatoms. The van der Waals surface area contributed by atoms with E-state index >= 15 is 0 Å². The minimum Gasteiger partial charge on any atom is -0.485 e. The van der Waals surface area contributed by atoms with Gasteiger partial charge in [0.15, 0.2) is 11.6 Å². The largest absolute Gasteiger partial charge is 0.485 e. The minimum absolute atomic E-state index is 0.162. The number of anilines is 2. The van der Waals surface area contributed by atoms with Gasteiger partial charge in [-0.1, -0.05) is 17.9 Å². The van der Waals surface area contributed by atoms with Crippen molar-refractivity contribution in [2.75, 3.05) is 36.0 Å². The van der Waals surface area contributed by atoms with Crippen LogP contribution in [-0.4, -0.2) is 57.7 Å². The third-order valence-electron chi connectivity index (χ3n) is 5.90. The molecule has 5 rings (SSSR count). The van der Waals surface area contributed by atoms with E-state index in [9.17, 15) is 4.39 Å². The first kappa shape index (κ1) is 21.5. The van der Waals surface area contributed by atoms with Crippen molar-refractivity contribution in [3.63, 3.8) is 0 Å². The lowest BCUT2D eigenvalue weighted by atomic mass is 10.1. The fraction of sp³-hybridized carbons (Fsp3) is 0.409. The first-order valence-corrected chi connectivity index (χ1v) is 11.7. The molecule has 0 bridgehead atoms. The Bertz CT molecular complexity index is 1120. The van der Waals surface area contributed by atoms with E-state index in [1.165, 1.54) is 12.2 Å². The van der Waals surface area contributed by atoms with Crippen LogP contribution in [0.2, 0.25) is 0 Å². The van der Waals surface area contributed by atoms with Crippen LogP contribution >= 0.6 is 11.3 Å². The number of aromatic nitrogens is 4. The Morgan fingerprint density at radius 1 is 1.24 bits per heavy atom. The predicted octanol–water partition coefficient (Wildman–Crippen LogP) is 3.17. The maximum absolute atomic E-state index is 14.7. The summed E-state index contributed by atoms with van der Waals surface area (Å²) in [6.45, 7) is 8.99. The summed E-state index contributed by atoms with van der Waals surface area (Å²) in [4.78, 5) is 13.3. The Kier molecular flexibility index (Phi) is 5.79. The zero-order valence-corrected chi connectivity index (χ0v) is 19.2. The number of rotatable bonds is 7. The maximum Gasteiger partial charge on any atom is 0.208 e. The van der Waals surface area contributed by atoms with Crippen LogP contribution in [0.1, 0.15) is 31.9 Å². The molecule has 1 aliphatic carbocycles. The summed E-state index contributed by atoms with van der Waals surface area (Å²) in [6, 6.07) is 1.93. The first-order chi connectivity index (χ1) is 16.0. The van der Waals surface area contributed by atoms with Gasteiger partial charge in [0, 0.05) is 44.4 Å². The Labute approximate surface area is 195 Å². The smallest absolute Gasteiger partial charge is 0.208 e. The van der Waals surface area contributed by atoms with Crippen LogP contribution in [0, 0.1) is 0 Å². The molecule has 4 heterocycles. The van der Waals surface area contributed by atoms with Gasteiger partial charge < -0.3 is 14.5 Å². The molecule has 2 aromatic rings. The fourth-order valence-electron chi connectivity index (χ4n) is 3.70. The van der Waals surface area contributed by atoms with Crippen LogP contribution in [0.25, 0.3) is 0 Å². The summed E-state index contributed by atoms with van der Waals surface area (Å²) < 4.78 is 20.5. The van der Waals surface area contributed by atoms with E-state index in [4.69, 9.17) is 4.74 Å². The normalized spacial score (nSPS) is 21.4. The highest BCUT2D eigenvalue weighted by Crippen LogP contribution is 2.41. The summed E-state index contributed by atoms with van der Waals surface area (Å²) in [5, 5.41) is 13.4. The molecule has 2 aromatic heterocycles. The molecule has 2 fully saturated rings. The van der Waals surface area contributed by atoms with Crippen molar-refractivity contribution in [2.24, 2.45) is 5.10 Å². The Hall–Kier alpha value is -3.34. The van der Waals surface area contributed by atoms with E-state index in [1.807, 2.05) is 13.0 Å². The second kappa shape index (κ2) is 8.89. The zero-order chi connectivity index (χ0) is 22.8. The number of allylic oxidation sites excluding steroid dienone is 4. The van der Waals surface area contributed by atoms with E-state index < -0.39 is 5.83 Å². The summed E-state index contributed by atoms with van der Waals surface area (Å²) in [5.74, 6) is 0.548. The molecule has 172 valence electrons. The number of hydrogen-bond donors (Lipinski definition) is 1. The molecule has 0 aromatic carbocycles. The average molecular weight is 469 g/mol. The number of hydrogen-bond acceptors (Lipinski definition) is 10.